The van der Waals surface area contributed by atoms with Crippen molar-refractivity contribution in [1.29, 1.82) is 0 Å². The van der Waals surface area contributed by atoms with Crippen LogP contribution in [0.4, 0.5) is 0 Å². The average molecular weight is 158 g/mol. The van der Waals surface area contributed by atoms with Gasteiger partial charge in [-0.3, -0.25) is 0 Å². The summed E-state index contributed by atoms with van der Waals surface area (Å²) in [6, 6.07) is 0. The van der Waals surface area contributed by atoms with E-state index >= 15 is 0 Å². The summed E-state index contributed by atoms with van der Waals surface area (Å²) < 4.78 is 10.1. The Morgan fingerprint density at radius 3 is 2.36 bits per heavy atom. The van der Waals surface area contributed by atoms with E-state index in [4.69, 9.17) is 9.47 Å². The highest BCUT2D eigenvalue weighted by molar-refractivity contribution is 4.73. The lowest BCUT2D eigenvalue weighted by molar-refractivity contribution is 0.179. The summed E-state index contributed by atoms with van der Waals surface area (Å²) in [4.78, 5) is 0. The normalized spacial score (nSPS) is 9.64. The molecule has 0 aromatic heterocycles. The zero-order chi connectivity index (χ0) is 8.53. The Morgan fingerprint density at radius 2 is 1.82 bits per heavy atom. The van der Waals surface area contributed by atoms with E-state index in [1.165, 1.54) is 6.42 Å². The second kappa shape index (κ2) is 7.61. The third-order valence-corrected chi connectivity index (χ3v) is 1.34. The van der Waals surface area contributed by atoms with E-state index in [2.05, 4.69) is 6.58 Å². The van der Waals surface area contributed by atoms with Gasteiger partial charge in [0.05, 0.1) is 12.4 Å². The molecule has 0 saturated carbocycles. The van der Waals surface area contributed by atoms with E-state index in [0.29, 0.717) is 0 Å². The van der Waals surface area contributed by atoms with Gasteiger partial charge in [-0.25, -0.2) is 0 Å². The van der Waals surface area contributed by atoms with E-state index in [-0.39, 0.29) is 0 Å². The molecule has 0 aliphatic carbocycles. The SMILES string of the molecule is C=C(C)OCCCCCOC. The van der Waals surface area contributed by atoms with Crippen LogP contribution in [0.25, 0.3) is 0 Å². The highest BCUT2D eigenvalue weighted by atomic mass is 16.5. The summed E-state index contributed by atoms with van der Waals surface area (Å²) >= 11 is 0. The van der Waals surface area contributed by atoms with Crippen molar-refractivity contribution in [2.24, 2.45) is 0 Å². The lowest BCUT2D eigenvalue weighted by Crippen LogP contribution is -1.93. The molecule has 0 bridgehead atoms. The van der Waals surface area contributed by atoms with Crippen LogP contribution >= 0.6 is 0 Å². The Morgan fingerprint density at radius 1 is 1.18 bits per heavy atom. The second-order valence-electron chi connectivity index (χ2n) is 2.60. The average Bonchev–Trinajstić information content (AvgIpc) is 1.96. The minimum Gasteiger partial charge on any atom is -0.499 e. The van der Waals surface area contributed by atoms with Gasteiger partial charge in [-0.2, -0.15) is 0 Å². The predicted octanol–water partition coefficient (Wildman–Crippen LogP) is 2.35. The quantitative estimate of drug-likeness (QED) is 0.418. The van der Waals surface area contributed by atoms with Crippen LogP contribution in [0.5, 0.6) is 0 Å². The van der Waals surface area contributed by atoms with E-state index in [1.807, 2.05) is 6.92 Å². The maximum Gasteiger partial charge on any atom is 0.0876 e. The zero-order valence-corrected chi connectivity index (χ0v) is 7.56. The van der Waals surface area contributed by atoms with Gasteiger partial charge in [0, 0.05) is 13.7 Å². The molecule has 0 heterocycles. The summed E-state index contributed by atoms with van der Waals surface area (Å²) in [6.45, 7) is 7.16. The molecule has 0 amide bonds. The van der Waals surface area contributed by atoms with Gasteiger partial charge in [0.15, 0.2) is 0 Å². The summed E-state index contributed by atoms with van der Waals surface area (Å²) in [5.74, 6) is 0.803. The molecule has 2 heteroatoms. The summed E-state index contributed by atoms with van der Waals surface area (Å²) in [5, 5.41) is 0. The van der Waals surface area contributed by atoms with Gasteiger partial charge < -0.3 is 9.47 Å². The second-order valence-corrected chi connectivity index (χ2v) is 2.60. The molecule has 0 radical (unpaired) electrons. The highest BCUT2D eigenvalue weighted by Crippen LogP contribution is 1.98. The minimum atomic E-state index is 0.791. The van der Waals surface area contributed by atoms with Crippen molar-refractivity contribution < 1.29 is 9.47 Å². The van der Waals surface area contributed by atoms with Gasteiger partial charge in [-0.05, 0) is 26.2 Å². The zero-order valence-electron chi connectivity index (χ0n) is 7.56. The maximum absolute atomic E-state index is 5.19. The monoisotopic (exact) mass is 158 g/mol. The van der Waals surface area contributed by atoms with E-state index < -0.39 is 0 Å². The van der Waals surface area contributed by atoms with Gasteiger partial charge in [-0.1, -0.05) is 6.58 Å². The van der Waals surface area contributed by atoms with Gasteiger partial charge in [-0.15, -0.1) is 0 Å². The van der Waals surface area contributed by atoms with Crippen molar-refractivity contribution >= 4 is 0 Å². The van der Waals surface area contributed by atoms with Gasteiger partial charge >= 0.3 is 0 Å². The molecule has 0 saturated heterocycles. The Balaban J connectivity index is 2.85. The third kappa shape index (κ3) is 9.50. The number of ether oxygens (including phenoxy) is 2. The molecule has 0 atom stereocenters. The Hall–Kier alpha value is -0.500. The first-order chi connectivity index (χ1) is 5.27. The number of methoxy groups -OCH3 is 1. The minimum absolute atomic E-state index is 0.791. The fraction of sp³-hybridized carbons (Fsp3) is 0.778. The smallest absolute Gasteiger partial charge is 0.0876 e. The topological polar surface area (TPSA) is 18.5 Å². The van der Waals surface area contributed by atoms with Crippen molar-refractivity contribution in [3.63, 3.8) is 0 Å². The highest BCUT2D eigenvalue weighted by Gasteiger charge is 1.89. The molecule has 2 nitrogen and oxygen atoms in total. The van der Waals surface area contributed by atoms with Crippen molar-refractivity contribution in [2.75, 3.05) is 20.3 Å². The van der Waals surface area contributed by atoms with Crippen LogP contribution in [0.15, 0.2) is 12.3 Å². The van der Waals surface area contributed by atoms with Crippen LogP contribution in [0.1, 0.15) is 26.2 Å². The molecular weight excluding hydrogens is 140 g/mol. The van der Waals surface area contributed by atoms with Gasteiger partial charge in [0.1, 0.15) is 0 Å². The lowest BCUT2D eigenvalue weighted by Gasteiger charge is -2.03. The molecule has 0 N–H and O–H groups in total. The van der Waals surface area contributed by atoms with Crippen LogP contribution < -0.4 is 0 Å². The largest absolute Gasteiger partial charge is 0.499 e. The first kappa shape index (κ1) is 10.5. The Labute approximate surface area is 69.2 Å². The van der Waals surface area contributed by atoms with Gasteiger partial charge in [0.25, 0.3) is 0 Å². The molecule has 0 aromatic carbocycles. The number of allylic oxidation sites excluding steroid dienone is 1. The van der Waals surface area contributed by atoms with Crippen molar-refractivity contribution in [3.05, 3.63) is 12.3 Å². The predicted molar refractivity (Wildman–Crippen MR) is 46.5 cm³/mol. The molecule has 66 valence electrons. The van der Waals surface area contributed by atoms with Crippen molar-refractivity contribution in [3.8, 4) is 0 Å². The fourth-order valence-corrected chi connectivity index (χ4v) is 0.772. The number of rotatable bonds is 7. The Bertz CT molecular complexity index is 99.7. The Kier molecular flexibility index (Phi) is 7.26. The van der Waals surface area contributed by atoms with Crippen LogP contribution in [0.3, 0.4) is 0 Å². The maximum atomic E-state index is 5.19. The number of unbranched alkanes of at least 4 members (excludes halogenated alkanes) is 2. The van der Waals surface area contributed by atoms with Crippen LogP contribution in [0.2, 0.25) is 0 Å². The number of hydrogen-bond donors (Lipinski definition) is 0. The van der Waals surface area contributed by atoms with Crippen LogP contribution in [-0.4, -0.2) is 20.3 Å². The van der Waals surface area contributed by atoms with E-state index in [0.717, 1.165) is 31.8 Å². The summed E-state index contributed by atoms with van der Waals surface area (Å²) in [7, 11) is 1.73. The first-order valence-corrected chi connectivity index (χ1v) is 4.04. The third-order valence-electron chi connectivity index (χ3n) is 1.34. The van der Waals surface area contributed by atoms with Gasteiger partial charge in [0.2, 0.25) is 0 Å². The van der Waals surface area contributed by atoms with Crippen LogP contribution in [0, 0.1) is 0 Å². The van der Waals surface area contributed by atoms with Crippen molar-refractivity contribution in [2.45, 2.75) is 26.2 Å². The fourth-order valence-electron chi connectivity index (χ4n) is 0.772. The molecule has 0 spiro atoms. The molecule has 0 aromatic rings. The first-order valence-electron chi connectivity index (χ1n) is 4.04. The summed E-state index contributed by atoms with van der Waals surface area (Å²) in [6.07, 6.45) is 3.38. The van der Waals surface area contributed by atoms with Crippen LogP contribution in [-0.2, 0) is 9.47 Å². The summed E-state index contributed by atoms with van der Waals surface area (Å²) in [5.41, 5.74) is 0. The molecule has 0 fully saturated rings. The number of hydrogen-bond acceptors (Lipinski definition) is 2. The van der Waals surface area contributed by atoms with Crippen molar-refractivity contribution in [1.82, 2.24) is 0 Å². The van der Waals surface area contributed by atoms with E-state index in [9.17, 15) is 0 Å². The molecule has 11 heavy (non-hydrogen) atoms. The molecular formula is C9H18O2. The lowest BCUT2D eigenvalue weighted by atomic mass is 10.2. The van der Waals surface area contributed by atoms with E-state index in [1.54, 1.807) is 7.11 Å². The molecule has 0 rings (SSSR count). The molecule has 0 unspecified atom stereocenters. The standard InChI is InChI=1S/C9H18O2/c1-9(2)11-8-6-4-5-7-10-3/h1,4-8H2,2-3H3. The molecule has 0 aliphatic heterocycles. The molecule has 0 aliphatic rings.